The number of nitrogens with zero attached hydrogens (tertiary/aromatic N) is 3. The zero-order chi connectivity index (χ0) is 20.5. The van der Waals surface area contributed by atoms with E-state index in [0.717, 1.165) is 64.6 Å². The molecule has 0 spiro atoms. The average Bonchev–Trinajstić information content (AvgIpc) is 2.77. The van der Waals surface area contributed by atoms with Gasteiger partial charge in [-0.3, -0.25) is 9.89 Å². The van der Waals surface area contributed by atoms with Crippen molar-refractivity contribution < 1.29 is 9.47 Å². The minimum absolute atomic E-state index is 0.128. The van der Waals surface area contributed by atoms with E-state index < -0.39 is 0 Å². The van der Waals surface area contributed by atoms with Crippen LogP contribution < -0.4 is 5.32 Å². The molecule has 3 aliphatic heterocycles. The Morgan fingerprint density at radius 3 is 2.45 bits per heavy atom. The Labute approximate surface area is 178 Å². The van der Waals surface area contributed by atoms with Crippen molar-refractivity contribution in [1.29, 1.82) is 0 Å². The van der Waals surface area contributed by atoms with Crippen LogP contribution in [0.25, 0.3) is 0 Å². The van der Waals surface area contributed by atoms with Crippen molar-refractivity contribution in [2.24, 2.45) is 4.99 Å². The maximum absolute atomic E-state index is 6.19. The van der Waals surface area contributed by atoms with Crippen molar-refractivity contribution in [1.82, 2.24) is 15.1 Å². The molecule has 3 saturated heterocycles. The minimum atomic E-state index is 0.128. The van der Waals surface area contributed by atoms with Gasteiger partial charge in [0, 0.05) is 31.8 Å². The number of nitrogens with one attached hydrogen (secondary N) is 1. The second-order valence-electron chi connectivity index (χ2n) is 9.54. The molecule has 3 heterocycles. The Morgan fingerprint density at radius 2 is 1.79 bits per heavy atom. The van der Waals surface area contributed by atoms with E-state index in [9.17, 15) is 0 Å². The fraction of sp³-hybridized carbons (Fsp3) is 0.957. The van der Waals surface area contributed by atoms with E-state index in [4.69, 9.17) is 14.5 Å². The third-order valence-electron chi connectivity index (χ3n) is 6.70. The summed E-state index contributed by atoms with van der Waals surface area (Å²) in [5.41, 5.74) is 0.128. The summed E-state index contributed by atoms with van der Waals surface area (Å²) in [4.78, 5) is 10.1. The van der Waals surface area contributed by atoms with Crippen molar-refractivity contribution in [2.45, 2.75) is 89.9 Å². The maximum atomic E-state index is 6.19. The van der Waals surface area contributed by atoms with Crippen LogP contribution in [0.1, 0.15) is 72.1 Å². The lowest BCUT2D eigenvalue weighted by atomic mass is 9.99. The maximum Gasteiger partial charge on any atom is 0.193 e. The first-order valence-electron chi connectivity index (χ1n) is 12.1. The summed E-state index contributed by atoms with van der Waals surface area (Å²) in [6.45, 7) is 14.8. The van der Waals surface area contributed by atoms with E-state index in [2.05, 4.69) is 35.9 Å². The number of rotatable bonds is 7. The number of hydrogen-bond acceptors (Lipinski definition) is 4. The van der Waals surface area contributed by atoms with Crippen LogP contribution in [0.15, 0.2) is 4.99 Å². The van der Waals surface area contributed by atoms with E-state index in [0.29, 0.717) is 12.2 Å². The van der Waals surface area contributed by atoms with E-state index in [-0.39, 0.29) is 5.54 Å². The number of ether oxygens (including phenoxy) is 2. The Hall–Kier alpha value is -0.850. The highest BCUT2D eigenvalue weighted by atomic mass is 16.5. The molecule has 1 N–H and O–H groups in total. The van der Waals surface area contributed by atoms with Gasteiger partial charge in [-0.15, -0.1) is 0 Å². The minimum Gasteiger partial charge on any atom is -0.376 e. The Morgan fingerprint density at radius 1 is 1.03 bits per heavy atom. The van der Waals surface area contributed by atoms with E-state index in [1.54, 1.807) is 0 Å². The quantitative estimate of drug-likeness (QED) is 0.518. The van der Waals surface area contributed by atoms with Gasteiger partial charge >= 0.3 is 0 Å². The van der Waals surface area contributed by atoms with Crippen LogP contribution in [0.4, 0.5) is 0 Å². The first-order chi connectivity index (χ1) is 14.1. The highest BCUT2D eigenvalue weighted by Gasteiger charge is 2.29. The van der Waals surface area contributed by atoms with E-state index >= 15 is 0 Å². The largest absolute Gasteiger partial charge is 0.376 e. The van der Waals surface area contributed by atoms with Gasteiger partial charge in [0.25, 0.3) is 0 Å². The van der Waals surface area contributed by atoms with Crippen molar-refractivity contribution in [3.05, 3.63) is 0 Å². The fourth-order valence-corrected chi connectivity index (χ4v) is 4.71. The van der Waals surface area contributed by atoms with Crippen molar-refractivity contribution in [3.63, 3.8) is 0 Å². The summed E-state index contributed by atoms with van der Waals surface area (Å²) >= 11 is 0. The molecule has 0 aromatic heterocycles. The van der Waals surface area contributed by atoms with Crippen LogP contribution in [0.2, 0.25) is 0 Å². The average molecular weight is 409 g/mol. The molecule has 0 radical (unpaired) electrons. The summed E-state index contributed by atoms with van der Waals surface area (Å²) in [6, 6.07) is 0. The highest BCUT2D eigenvalue weighted by molar-refractivity contribution is 5.80. The zero-order valence-corrected chi connectivity index (χ0v) is 19.1. The Bertz CT molecular complexity index is 491. The van der Waals surface area contributed by atoms with Gasteiger partial charge in [-0.05, 0) is 78.8 Å². The fourth-order valence-electron chi connectivity index (χ4n) is 4.71. The highest BCUT2D eigenvalue weighted by Crippen LogP contribution is 2.22. The first-order valence-corrected chi connectivity index (χ1v) is 12.1. The molecule has 0 amide bonds. The predicted molar refractivity (Wildman–Crippen MR) is 120 cm³/mol. The monoisotopic (exact) mass is 408 g/mol. The number of piperidine rings is 2. The Kier molecular flexibility index (Phi) is 9.07. The van der Waals surface area contributed by atoms with Crippen LogP contribution in [0, 0.1) is 0 Å². The van der Waals surface area contributed by atoms with Crippen molar-refractivity contribution in [3.8, 4) is 0 Å². The van der Waals surface area contributed by atoms with E-state index in [1.807, 2.05) is 0 Å². The number of hydrogen-bond donors (Lipinski definition) is 1. The van der Waals surface area contributed by atoms with Crippen LogP contribution in [-0.4, -0.2) is 86.0 Å². The molecular formula is C23H44N4O2. The van der Waals surface area contributed by atoms with Gasteiger partial charge in [0.2, 0.25) is 0 Å². The number of likely N-dealkylation sites (tertiary alicyclic amines) is 2. The molecule has 1 unspecified atom stereocenters. The van der Waals surface area contributed by atoms with Crippen LogP contribution in [0.5, 0.6) is 0 Å². The molecule has 0 aliphatic carbocycles. The molecule has 0 aromatic carbocycles. The first kappa shape index (κ1) is 22.8. The lowest BCUT2D eigenvalue weighted by Crippen LogP contribution is -2.51. The van der Waals surface area contributed by atoms with Crippen molar-refractivity contribution in [2.75, 3.05) is 52.5 Å². The smallest absolute Gasteiger partial charge is 0.193 e. The van der Waals surface area contributed by atoms with Gasteiger partial charge in [-0.2, -0.15) is 0 Å². The molecule has 1 atom stereocenters. The van der Waals surface area contributed by atoms with Crippen LogP contribution >= 0.6 is 0 Å². The summed E-state index contributed by atoms with van der Waals surface area (Å²) < 4.78 is 12.0. The van der Waals surface area contributed by atoms with Crippen molar-refractivity contribution >= 4 is 5.96 Å². The lowest BCUT2D eigenvalue weighted by molar-refractivity contribution is -0.0721. The molecule has 0 saturated carbocycles. The summed E-state index contributed by atoms with van der Waals surface area (Å²) in [7, 11) is 0. The Balaban J connectivity index is 1.46. The molecule has 0 aromatic rings. The van der Waals surface area contributed by atoms with Gasteiger partial charge in [-0.1, -0.05) is 6.42 Å². The standard InChI is InChI=1S/C23H44N4O2/c1-4-24-22(25-19-23(2,3)27-13-7-5-8-14-27)26-15-11-20(12-16-26)29-18-21-10-6-9-17-28-21/h20-21H,4-19H2,1-3H3,(H,24,25). The van der Waals surface area contributed by atoms with Gasteiger partial charge in [0.15, 0.2) is 5.96 Å². The molecular weight excluding hydrogens is 364 g/mol. The number of guanidine groups is 1. The van der Waals surface area contributed by atoms with Gasteiger partial charge in [0.1, 0.15) is 0 Å². The van der Waals surface area contributed by atoms with E-state index in [1.165, 1.54) is 45.2 Å². The van der Waals surface area contributed by atoms with Gasteiger partial charge in [0.05, 0.1) is 25.4 Å². The molecule has 3 aliphatic rings. The summed E-state index contributed by atoms with van der Waals surface area (Å²) in [5.74, 6) is 1.08. The topological polar surface area (TPSA) is 49.3 Å². The van der Waals surface area contributed by atoms with Crippen LogP contribution in [-0.2, 0) is 9.47 Å². The second kappa shape index (κ2) is 11.5. The molecule has 3 fully saturated rings. The molecule has 6 nitrogen and oxygen atoms in total. The molecule has 6 heteroatoms. The molecule has 168 valence electrons. The lowest BCUT2D eigenvalue weighted by Gasteiger charge is -2.40. The molecule has 3 rings (SSSR count). The molecule has 29 heavy (non-hydrogen) atoms. The van der Waals surface area contributed by atoms with Gasteiger partial charge < -0.3 is 19.7 Å². The predicted octanol–water partition coefficient (Wildman–Crippen LogP) is 3.27. The second-order valence-corrected chi connectivity index (χ2v) is 9.54. The summed E-state index contributed by atoms with van der Waals surface area (Å²) in [5, 5.41) is 3.52. The van der Waals surface area contributed by atoms with Crippen LogP contribution in [0.3, 0.4) is 0 Å². The molecule has 0 bridgehead atoms. The third kappa shape index (κ3) is 7.11. The summed E-state index contributed by atoms with van der Waals surface area (Å²) in [6.07, 6.45) is 10.5. The SMILES string of the molecule is CCNC(=NCC(C)(C)N1CCCCC1)N1CCC(OCC2CCCCO2)CC1. The third-order valence-corrected chi connectivity index (χ3v) is 6.70. The normalized spacial score (nSPS) is 26.0. The number of aliphatic imine (C=N–C) groups is 1. The van der Waals surface area contributed by atoms with Gasteiger partial charge in [-0.25, -0.2) is 0 Å². The zero-order valence-electron chi connectivity index (χ0n) is 19.1.